The fraction of sp³-hybridized carbons (Fsp3) is 0.667. The van der Waals surface area contributed by atoms with Crippen LogP contribution in [0.2, 0.25) is 0 Å². The lowest BCUT2D eigenvalue weighted by atomic mass is 9.98. The van der Waals surface area contributed by atoms with Crippen LogP contribution >= 0.6 is 11.3 Å². The van der Waals surface area contributed by atoms with E-state index in [-0.39, 0.29) is 5.91 Å². The van der Waals surface area contributed by atoms with Gasteiger partial charge in [-0.05, 0) is 44.9 Å². The van der Waals surface area contributed by atoms with Gasteiger partial charge < -0.3 is 9.64 Å². The van der Waals surface area contributed by atoms with Crippen molar-refractivity contribution in [3.8, 4) is 5.75 Å². The van der Waals surface area contributed by atoms with E-state index in [1.165, 1.54) is 29.7 Å². The highest BCUT2D eigenvalue weighted by Gasteiger charge is 2.28. The lowest BCUT2D eigenvalue weighted by Gasteiger charge is -2.26. The number of amides is 1. The smallest absolute Gasteiger partial charge is 0.267 e. The summed E-state index contributed by atoms with van der Waals surface area (Å²) >= 11 is 1.67. The number of likely N-dealkylation sites (tertiary alicyclic amines) is 1. The molecular formula is C15H21NO2S. The Kier molecular flexibility index (Phi) is 3.78. The van der Waals surface area contributed by atoms with Crippen molar-refractivity contribution in [1.29, 1.82) is 0 Å². The molecule has 2 aliphatic rings. The molecule has 104 valence electrons. The molecule has 0 saturated carbocycles. The molecule has 1 aromatic heterocycles. The molecule has 0 radical (unpaired) electrons. The number of nitrogens with zero attached hydrogens (tertiary/aromatic N) is 1. The van der Waals surface area contributed by atoms with E-state index in [1.54, 1.807) is 18.4 Å². The molecular weight excluding hydrogens is 258 g/mol. The minimum Gasteiger partial charge on any atom is -0.495 e. The normalized spacial score (nSPS) is 19.1. The molecule has 0 aromatic carbocycles. The van der Waals surface area contributed by atoms with Crippen LogP contribution in [0.4, 0.5) is 0 Å². The second-order valence-electron chi connectivity index (χ2n) is 5.43. The first-order valence-corrected chi connectivity index (χ1v) is 8.10. The Labute approximate surface area is 118 Å². The van der Waals surface area contributed by atoms with E-state index >= 15 is 0 Å². The molecule has 1 amide bonds. The first-order valence-electron chi connectivity index (χ1n) is 7.29. The number of hydrogen-bond donors (Lipinski definition) is 0. The van der Waals surface area contributed by atoms with Gasteiger partial charge >= 0.3 is 0 Å². The van der Waals surface area contributed by atoms with Crippen molar-refractivity contribution >= 4 is 17.2 Å². The van der Waals surface area contributed by atoms with Crippen molar-refractivity contribution in [1.82, 2.24) is 4.90 Å². The third-order valence-corrected chi connectivity index (χ3v) is 5.43. The summed E-state index contributed by atoms with van der Waals surface area (Å²) < 4.78 is 5.56. The van der Waals surface area contributed by atoms with Gasteiger partial charge in [-0.25, -0.2) is 0 Å². The van der Waals surface area contributed by atoms with Crippen LogP contribution in [0.1, 0.15) is 52.2 Å². The van der Waals surface area contributed by atoms with Gasteiger partial charge in [0, 0.05) is 23.5 Å². The molecule has 0 bridgehead atoms. The van der Waals surface area contributed by atoms with Gasteiger partial charge in [0.05, 0.1) is 7.11 Å². The summed E-state index contributed by atoms with van der Waals surface area (Å²) in [6.07, 6.45) is 8.18. The standard InChI is InChI=1S/C15H21NO2S/c1-18-13-11-7-3-4-8-12(11)19-14(13)15(17)16-9-5-2-6-10-16/h2-10H2,1H3. The molecule has 0 atom stereocenters. The van der Waals surface area contributed by atoms with Gasteiger partial charge in [-0.15, -0.1) is 11.3 Å². The topological polar surface area (TPSA) is 29.5 Å². The molecule has 3 nitrogen and oxygen atoms in total. The average Bonchev–Trinajstić information content (AvgIpc) is 2.85. The van der Waals surface area contributed by atoms with Crippen molar-refractivity contribution in [2.24, 2.45) is 0 Å². The van der Waals surface area contributed by atoms with Crippen LogP contribution in [0, 0.1) is 0 Å². The largest absolute Gasteiger partial charge is 0.495 e. The fourth-order valence-electron chi connectivity index (χ4n) is 3.13. The van der Waals surface area contributed by atoms with Crippen LogP contribution in [0.25, 0.3) is 0 Å². The SMILES string of the molecule is COc1c(C(=O)N2CCCCC2)sc2c1CCCC2. The molecule has 19 heavy (non-hydrogen) atoms. The molecule has 1 saturated heterocycles. The summed E-state index contributed by atoms with van der Waals surface area (Å²) in [5.74, 6) is 1.06. The maximum Gasteiger partial charge on any atom is 0.267 e. The van der Waals surface area contributed by atoms with E-state index in [0.29, 0.717) is 0 Å². The van der Waals surface area contributed by atoms with Gasteiger partial charge in [-0.3, -0.25) is 4.79 Å². The highest BCUT2D eigenvalue weighted by Crippen LogP contribution is 2.40. The molecule has 0 N–H and O–H groups in total. The van der Waals surface area contributed by atoms with Gasteiger partial charge in [0.25, 0.3) is 5.91 Å². The minimum atomic E-state index is 0.191. The predicted octanol–water partition coefficient (Wildman–Crippen LogP) is 3.26. The maximum atomic E-state index is 12.7. The number of rotatable bonds is 2. The van der Waals surface area contributed by atoms with E-state index in [9.17, 15) is 4.79 Å². The quantitative estimate of drug-likeness (QED) is 0.831. The molecule has 2 heterocycles. The number of thiophene rings is 1. The summed E-state index contributed by atoms with van der Waals surface area (Å²) in [6.45, 7) is 1.81. The lowest BCUT2D eigenvalue weighted by Crippen LogP contribution is -2.35. The van der Waals surface area contributed by atoms with Gasteiger partial charge in [0.15, 0.2) is 0 Å². The number of hydrogen-bond acceptors (Lipinski definition) is 3. The van der Waals surface area contributed by atoms with E-state index in [4.69, 9.17) is 4.74 Å². The molecule has 1 aliphatic carbocycles. The Bertz CT molecular complexity index is 475. The molecule has 4 heteroatoms. The molecule has 1 aromatic rings. The number of carbonyl (C=O) groups is 1. The van der Waals surface area contributed by atoms with Crippen LogP contribution < -0.4 is 4.74 Å². The summed E-state index contributed by atoms with van der Waals surface area (Å²) in [6, 6.07) is 0. The van der Waals surface area contributed by atoms with Crippen LogP contribution in [0.15, 0.2) is 0 Å². The molecule has 0 spiro atoms. The summed E-state index contributed by atoms with van der Waals surface area (Å²) in [5, 5.41) is 0. The third kappa shape index (κ3) is 2.38. The lowest BCUT2D eigenvalue weighted by molar-refractivity contribution is 0.0726. The number of carbonyl (C=O) groups excluding carboxylic acids is 1. The number of aryl methyl sites for hydroxylation is 1. The number of fused-ring (bicyclic) bond motifs is 1. The molecule has 0 unspecified atom stereocenters. The third-order valence-electron chi connectivity index (χ3n) is 4.16. The Hall–Kier alpha value is -1.03. The Morgan fingerprint density at radius 3 is 2.58 bits per heavy atom. The molecule has 1 fully saturated rings. The number of piperidine rings is 1. The second kappa shape index (κ2) is 5.53. The highest BCUT2D eigenvalue weighted by atomic mass is 32.1. The second-order valence-corrected chi connectivity index (χ2v) is 6.53. The average molecular weight is 279 g/mol. The van der Waals surface area contributed by atoms with Crippen LogP contribution in [-0.2, 0) is 12.8 Å². The van der Waals surface area contributed by atoms with Gasteiger partial charge in [0.2, 0.25) is 0 Å². The van der Waals surface area contributed by atoms with E-state index in [2.05, 4.69) is 0 Å². The molecule has 3 rings (SSSR count). The molecule has 1 aliphatic heterocycles. The first kappa shape index (κ1) is 13.0. The minimum absolute atomic E-state index is 0.191. The van der Waals surface area contributed by atoms with Gasteiger partial charge in [-0.2, -0.15) is 0 Å². The maximum absolute atomic E-state index is 12.7. The first-order chi connectivity index (χ1) is 9.31. The Balaban J connectivity index is 1.90. The van der Waals surface area contributed by atoms with Crippen LogP contribution in [0.5, 0.6) is 5.75 Å². The van der Waals surface area contributed by atoms with E-state index in [0.717, 1.165) is 49.4 Å². The Morgan fingerprint density at radius 2 is 1.84 bits per heavy atom. The van der Waals surface area contributed by atoms with Crippen molar-refractivity contribution in [2.75, 3.05) is 20.2 Å². The monoisotopic (exact) mass is 279 g/mol. The Morgan fingerprint density at radius 1 is 1.11 bits per heavy atom. The van der Waals surface area contributed by atoms with E-state index < -0.39 is 0 Å². The predicted molar refractivity (Wildman–Crippen MR) is 77.3 cm³/mol. The number of methoxy groups -OCH3 is 1. The zero-order valence-electron chi connectivity index (χ0n) is 11.5. The summed E-state index contributed by atoms with van der Waals surface area (Å²) in [7, 11) is 1.70. The zero-order valence-corrected chi connectivity index (χ0v) is 12.4. The van der Waals surface area contributed by atoms with Crippen molar-refractivity contribution in [2.45, 2.75) is 44.9 Å². The van der Waals surface area contributed by atoms with Gasteiger partial charge in [-0.1, -0.05) is 0 Å². The van der Waals surface area contributed by atoms with Gasteiger partial charge in [0.1, 0.15) is 10.6 Å². The van der Waals surface area contributed by atoms with Crippen molar-refractivity contribution < 1.29 is 9.53 Å². The number of ether oxygens (including phenoxy) is 1. The van der Waals surface area contributed by atoms with Crippen LogP contribution in [-0.4, -0.2) is 31.0 Å². The van der Waals surface area contributed by atoms with Crippen molar-refractivity contribution in [3.63, 3.8) is 0 Å². The fourth-order valence-corrected chi connectivity index (χ4v) is 4.46. The zero-order chi connectivity index (χ0) is 13.2. The highest BCUT2D eigenvalue weighted by molar-refractivity contribution is 7.14. The van der Waals surface area contributed by atoms with E-state index in [1.807, 2.05) is 4.90 Å². The van der Waals surface area contributed by atoms with Crippen molar-refractivity contribution in [3.05, 3.63) is 15.3 Å². The summed E-state index contributed by atoms with van der Waals surface area (Å²) in [4.78, 5) is 16.9. The summed E-state index contributed by atoms with van der Waals surface area (Å²) in [5.41, 5.74) is 1.30. The van der Waals surface area contributed by atoms with Crippen LogP contribution in [0.3, 0.4) is 0 Å².